The average Bonchev–Trinajstić information content (AvgIpc) is 2.64. The largest absolute Gasteiger partial charge is 0.385 e. The van der Waals surface area contributed by atoms with E-state index in [-0.39, 0.29) is 16.0 Å². The Kier molecular flexibility index (Phi) is 4.72. The lowest BCUT2D eigenvalue weighted by Gasteiger charge is -2.14. The quantitative estimate of drug-likeness (QED) is 0.558. The zero-order chi connectivity index (χ0) is 18.9. The summed E-state index contributed by atoms with van der Waals surface area (Å²) in [5, 5.41) is 3.45. The molecule has 8 heteroatoms. The van der Waals surface area contributed by atoms with E-state index in [4.69, 9.17) is 11.6 Å². The Morgan fingerprint density at radius 3 is 2.74 bits per heavy atom. The van der Waals surface area contributed by atoms with Crippen LogP contribution in [0.5, 0.6) is 0 Å². The predicted molar refractivity (Wildman–Crippen MR) is 107 cm³/mol. The molecule has 138 valence electrons. The second-order valence-electron chi connectivity index (χ2n) is 6.22. The summed E-state index contributed by atoms with van der Waals surface area (Å²) in [5.41, 5.74) is 3.37. The van der Waals surface area contributed by atoms with Gasteiger partial charge in [-0.2, -0.15) is 0 Å². The van der Waals surface area contributed by atoms with Gasteiger partial charge in [-0.25, -0.2) is 23.1 Å². The number of hydrogen-bond donors (Lipinski definition) is 2. The number of anilines is 2. The Labute approximate surface area is 162 Å². The molecule has 6 nitrogen and oxygen atoms in total. The van der Waals surface area contributed by atoms with Gasteiger partial charge in [-0.1, -0.05) is 41.9 Å². The number of rotatable bonds is 0. The van der Waals surface area contributed by atoms with E-state index in [1.165, 1.54) is 6.07 Å². The lowest BCUT2D eigenvalue weighted by atomic mass is 10.0. The van der Waals surface area contributed by atoms with Crippen molar-refractivity contribution >= 4 is 33.3 Å². The van der Waals surface area contributed by atoms with E-state index in [1.807, 2.05) is 30.3 Å². The number of fused-ring (bicyclic) bond motifs is 6. The first-order chi connectivity index (χ1) is 13.0. The van der Waals surface area contributed by atoms with E-state index >= 15 is 0 Å². The van der Waals surface area contributed by atoms with Gasteiger partial charge in [-0.05, 0) is 36.6 Å². The summed E-state index contributed by atoms with van der Waals surface area (Å²) < 4.78 is 27.9. The molecule has 0 amide bonds. The van der Waals surface area contributed by atoms with Crippen molar-refractivity contribution in [2.45, 2.75) is 17.7 Å². The highest BCUT2D eigenvalue weighted by molar-refractivity contribution is 7.92. The number of nitrogens with one attached hydrogen (secondary N) is 2. The summed E-state index contributed by atoms with van der Waals surface area (Å²) in [4.78, 5) is 8.56. The van der Waals surface area contributed by atoms with Gasteiger partial charge in [0.2, 0.25) is 5.95 Å². The molecule has 1 aliphatic rings. The lowest BCUT2D eigenvalue weighted by molar-refractivity contribution is 0.601. The van der Waals surface area contributed by atoms with Crippen molar-refractivity contribution in [3.63, 3.8) is 0 Å². The highest BCUT2D eigenvalue weighted by Crippen LogP contribution is 2.27. The molecule has 0 aliphatic carbocycles. The van der Waals surface area contributed by atoms with Crippen LogP contribution in [0.2, 0.25) is 5.15 Å². The van der Waals surface area contributed by atoms with E-state index in [0.29, 0.717) is 5.69 Å². The predicted octanol–water partition coefficient (Wildman–Crippen LogP) is 3.96. The van der Waals surface area contributed by atoms with Crippen molar-refractivity contribution in [2.24, 2.45) is 0 Å². The topological polar surface area (TPSA) is 84.0 Å². The van der Waals surface area contributed by atoms with Gasteiger partial charge >= 0.3 is 0 Å². The van der Waals surface area contributed by atoms with Crippen LogP contribution in [0.1, 0.15) is 12.0 Å². The minimum Gasteiger partial charge on any atom is -0.385 e. The maximum atomic E-state index is 12.7. The third-order valence-electron chi connectivity index (χ3n) is 4.31. The summed E-state index contributed by atoms with van der Waals surface area (Å²) in [6.07, 6.45) is 1.74. The van der Waals surface area contributed by atoms with Crippen LogP contribution in [-0.2, 0) is 16.4 Å². The molecule has 1 aromatic heterocycles. The summed E-state index contributed by atoms with van der Waals surface area (Å²) >= 11 is 6.14. The van der Waals surface area contributed by atoms with Gasteiger partial charge in [0.05, 0.1) is 10.6 Å². The molecule has 2 heterocycles. The van der Waals surface area contributed by atoms with Crippen LogP contribution in [0.15, 0.2) is 59.5 Å². The second-order valence-corrected chi connectivity index (χ2v) is 8.29. The smallest absolute Gasteiger partial charge is 0.264 e. The Morgan fingerprint density at radius 1 is 1.00 bits per heavy atom. The Balaban J connectivity index is 1.86. The van der Waals surface area contributed by atoms with Gasteiger partial charge in [0.15, 0.2) is 0 Å². The van der Waals surface area contributed by atoms with E-state index in [2.05, 4.69) is 20.0 Å². The fourth-order valence-electron chi connectivity index (χ4n) is 3.05. The van der Waals surface area contributed by atoms with Crippen LogP contribution in [-0.4, -0.2) is 24.9 Å². The molecule has 0 spiro atoms. The molecule has 1 aliphatic heterocycles. The number of halogens is 1. The summed E-state index contributed by atoms with van der Waals surface area (Å²) in [6.45, 7) is 0.723. The van der Waals surface area contributed by atoms with Crippen molar-refractivity contribution in [3.05, 3.63) is 65.3 Å². The van der Waals surface area contributed by atoms with Crippen LogP contribution in [0.25, 0.3) is 11.3 Å². The van der Waals surface area contributed by atoms with Crippen molar-refractivity contribution < 1.29 is 8.42 Å². The zero-order valence-corrected chi connectivity index (χ0v) is 15.9. The van der Waals surface area contributed by atoms with Crippen molar-refractivity contribution in [1.82, 2.24) is 9.97 Å². The molecular weight excluding hydrogens is 384 g/mol. The zero-order valence-electron chi connectivity index (χ0n) is 14.3. The lowest BCUT2D eigenvalue weighted by Crippen LogP contribution is -2.16. The number of sulfonamides is 1. The third kappa shape index (κ3) is 3.89. The van der Waals surface area contributed by atoms with Crippen molar-refractivity contribution in [2.75, 3.05) is 16.6 Å². The van der Waals surface area contributed by atoms with Crippen LogP contribution in [0, 0.1) is 0 Å². The van der Waals surface area contributed by atoms with Gasteiger partial charge < -0.3 is 5.32 Å². The van der Waals surface area contributed by atoms with E-state index < -0.39 is 10.0 Å². The fraction of sp³-hybridized carbons (Fsp3) is 0.158. The Hall–Kier alpha value is -2.64. The van der Waals surface area contributed by atoms with Crippen LogP contribution >= 0.6 is 11.6 Å². The molecule has 0 saturated carbocycles. The van der Waals surface area contributed by atoms with Gasteiger partial charge in [0, 0.05) is 23.9 Å². The molecule has 0 atom stereocenters. The van der Waals surface area contributed by atoms with Crippen LogP contribution in [0.3, 0.4) is 0 Å². The number of benzene rings is 2. The van der Waals surface area contributed by atoms with E-state index in [9.17, 15) is 8.42 Å². The molecule has 27 heavy (non-hydrogen) atoms. The molecular formula is C19H17ClN4O2S. The maximum Gasteiger partial charge on any atom is 0.264 e. The molecule has 0 saturated heterocycles. The molecule has 4 bridgehead atoms. The molecule has 0 fully saturated rings. The minimum absolute atomic E-state index is 0.0530. The Morgan fingerprint density at radius 2 is 1.85 bits per heavy atom. The summed E-state index contributed by atoms with van der Waals surface area (Å²) in [7, 11) is -3.84. The molecule has 2 aromatic carbocycles. The first-order valence-corrected chi connectivity index (χ1v) is 10.4. The highest BCUT2D eigenvalue weighted by Gasteiger charge is 2.18. The van der Waals surface area contributed by atoms with Crippen LogP contribution in [0.4, 0.5) is 11.6 Å². The molecule has 2 N–H and O–H groups in total. The number of hydrogen-bond acceptors (Lipinski definition) is 5. The van der Waals surface area contributed by atoms with Crippen LogP contribution < -0.4 is 10.0 Å². The second kappa shape index (κ2) is 7.17. The van der Waals surface area contributed by atoms with E-state index in [0.717, 1.165) is 36.2 Å². The normalized spacial score (nSPS) is 15.6. The van der Waals surface area contributed by atoms with Gasteiger partial charge in [-0.3, -0.25) is 0 Å². The fourth-order valence-corrected chi connectivity index (χ4v) is 4.23. The van der Waals surface area contributed by atoms with Gasteiger partial charge in [0.1, 0.15) is 5.15 Å². The summed E-state index contributed by atoms with van der Waals surface area (Å²) in [5.74, 6) is -0.0530. The molecule has 4 rings (SSSR count). The minimum atomic E-state index is -3.84. The van der Waals surface area contributed by atoms with E-state index in [1.54, 1.807) is 18.2 Å². The third-order valence-corrected chi connectivity index (χ3v) is 5.83. The molecule has 0 unspecified atom stereocenters. The number of aryl methyl sites for hydroxylation is 1. The molecule has 3 aromatic rings. The van der Waals surface area contributed by atoms with Crippen molar-refractivity contribution in [3.8, 4) is 11.3 Å². The highest BCUT2D eigenvalue weighted by atomic mass is 35.5. The standard InChI is InChI=1S/C19H17ClN4O2S/c20-18-12-17-16-9-2-1-5-13(16)6-4-10-21-14-7-3-8-15(11-14)27(25,26)24-19(22-17)23-18/h1-3,5,7-9,11-12,21H,4,6,10H2,(H,22,23,24). The maximum absolute atomic E-state index is 12.7. The summed E-state index contributed by atoms with van der Waals surface area (Å²) in [6, 6.07) is 16.2. The van der Waals surface area contributed by atoms with Crippen molar-refractivity contribution in [1.29, 1.82) is 0 Å². The first-order valence-electron chi connectivity index (χ1n) is 8.51. The first kappa shape index (κ1) is 17.8. The Bertz CT molecular complexity index is 1100. The number of aromatic nitrogens is 2. The SMILES string of the molecule is O=S1(=O)Nc2nc(Cl)cc(n2)-c2ccccc2CCCNc2cccc1c2. The van der Waals surface area contributed by atoms with Gasteiger partial charge in [-0.15, -0.1) is 0 Å². The number of nitrogens with zero attached hydrogens (tertiary/aromatic N) is 2. The average molecular weight is 401 g/mol. The van der Waals surface area contributed by atoms with Gasteiger partial charge in [0.25, 0.3) is 10.0 Å². The monoisotopic (exact) mass is 400 g/mol. The molecule has 0 radical (unpaired) electrons.